The van der Waals surface area contributed by atoms with Crippen LogP contribution in [0.25, 0.3) is 0 Å². The lowest BCUT2D eigenvalue weighted by Crippen LogP contribution is -2.26. The fourth-order valence-electron chi connectivity index (χ4n) is 2.04. The monoisotopic (exact) mass is 287 g/mol. The summed E-state index contributed by atoms with van der Waals surface area (Å²) in [6, 6.07) is 5.41. The van der Waals surface area contributed by atoms with E-state index in [9.17, 15) is 4.79 Å². The number of hydrogen-bond donors (Lipinski definition) is 1. The fourth-order valence-corrected chi connectivity index (χ4v) is 2.04. The van der Waals surface area contributed by atoms with Crippen molar-refractivity contribution in [2.24, 2.45) is 0 Å². The zero-order chi connectivity index (χ0) is 14.5. The summed E-state index contributed by atoms with van der Waals surface area (Å²) < 4.78 is 10.4. The van der Waals surface area contributed by atoms with E-state index >= 15 is 0 Å². The minimum absolute atomic E-state index is 0.0952. The maximum Gasteiger partial charge on any atom is 0.226 e. The van der Waals surface area contributed by atoms with Gasteiger partial charge in [-0.1, -0.05) is 5.16 Å². The molecule has 2 heterocycles. The third-order valence-electron chi connectivity index (χ3n) is 3.46. The molecule has 0 spiro atoms. The van der Waals surface area contributed by atoms with Gasteiger partial charge in [-0.25, -0.2) is 4.98 Å². The van der Waals surface area contributed by atoms with Crippen molar-refractivity contribution in [3.63, 3.8) is 0 Å². The Morgan fingerprint density at radius 1 is 1.43 bits per heavy atom. The van der Waals surface area contributed by atoms with Crippen molar-refractivity contribution in [3.05, 3.63) is 41.9 Å². The van der Waals surface area contributed by atoms with E-state index in [0.717, 1.165) is 18.4 Å². The average Bonchev–Trinajstić information content (AvgIpc) is 2.94. The van der Waals surface area contributed by atoms with Gasteiger partial charge in [0, 0.05) is 24.9 Å². The van der Waals surface area contributed by atoms with Gasteiger partial charge in [0.05, 0.1) is 12.1 Å². The van der Waals surface area contributed by atoms with Crippen LogP contribution in [0.1, 0.15) is 30.5 Å². The quantitative estimate of drug-likeness (QED) is 0.877. The molecule has 6 heteroatoms. The van der Waals surface area contributed by atoms with Gasteiger partial charge in [-0.05, 0) is 30.9 Å². The summed E-state index contributed by atoms with van der Waals surface area (Å²) in [5.41, 5.74) is 1.59. The van der Waals surface area contributed by atoms with E-state index in [2.05, 4.69) is 15.5 Å². The maximum absolute atomic E-state index is 11.8. The van der Waals surface area contributed by atoms with Gasteiger partial charge in [0.25, 0.3) is 0 Å². The number of ether oxygens (including phenoxy) is 1. The van der Waals surface area contributed by atoms with Crippen LogP contribution in [0.2, 0.25) is 0 Å². The first-order valence-corrected chi connectivity index (χ1v) is 7.07. The molecule has 0 aromatic carbocycles. The molecule has 0 unspecified atom stereocenters. The molecule has 0 bridgehead atoms. The number of nitrogens with zero attached hydrogens (tertiary/aromatic N) is 2. The zero-order valence-corrected chi connectivity index (χ0v) is 11.6. The van der Waals surface area contributed by atoms with Crippen LogP contribution in [0.3, 0.4) is 0 Å². The molecular formula is C15H17N3O3. The van der Waals surface area contributed by atoms with Crippen LogP contribution in [-0.4, -0.2) is 22.2 Å². The van der Waals surface area contributed by atoms with Crippen molar-refractivity contribution in [2.45, 2.75) is 38.3 Å². The van der Waals surface area contributed by atoms with Gasteiger partial charge in [0.2, 0.25) is 11.8 Å². The Labute approximate surface area is 122 Å². The van der Waals surface area contributed by atoms with Crippen LogP contribution in [0, 0.1) is 0 Å². The molecule has 1 fully saturated rings. The van der Waals surface area contributed by atoms with Gasteiger partial charge in [-0.15, -0.1) is 0 Å². The molecular weight excluding hydrogens is 270 g/mol. The highest BCUT2D eigenvalue weighted by molar-refractivity contribution is 5.77. The molecule has 3 rings (SSSR count). The summed E-state index contributed by atoms with van der Waals surface area (Å²) in [5, 5.41) is 6.55. The molecule has 0 atom stereocenters. The maximum atomic E-state index is 11.8. The number of amides is 1. The van der Waals surface area contributed by atoms with Crippen LogP contribution in [0.5, 0.6) is 5.88 Å². The normalized spacial score (nSPS) is 14.5. The number of nitrogens with one attached hydrogen (secondary N) is 1. The third-order valence-corrected chi connectivity index (χ3v) is 3.46. The molecule has 2 aromatic rings. The lowest BCUT2D eigenvalue weighted by atomic mass is 9.96. The van der Waals surface area contributed by atoms with Gasteiger partial charge in [0.1, 0.15) is 12.4 Å². The van der Waals surface area contributed by atoms with Crippen molar-refractivity contribution >= 4 is 5.91 Å². The molecule has 1 aliphatic carbocycles. The molecule has 0 radical (unpaired) electrons. The summed E-state index contributed by atoms with van der Waals surface area (Å²) in [6.07, 6.45) is 7.09. The summed E-state index contributed by atoms with van der Waals surface area (Å²) in [4.78, 5) is 16.0. The summed E-state index contributed by atoms with van der Waals surface area (Å²) in [7, 11) is 0. The average molecular weight is 287 g/mol. The van der Waals surface area contributed by atoms with E-state index in [1.165, 1.54) is 12.7 Å². The van der Waals surface area contributed by atoms with Gasteiger partial charge >= 0.3 is 0 Å². The molecule has 0 aliphatic heterocycles. The highest BCUT2D eigenvalue weighted by atomic mass is 16.5. The Morgan fingerprint density at radius 3 is 3.05 bits per heavy atom. The van der Waals surface area contributed by atoms with Crippen molar-refractivity contribution in [1.29, 1.82) is 0 Å². The highest BCUT2D eigenvalue weighted by Crippen LogP contribution is 2.24. The van der Waals surface area contributed by atoms with Crippen LogP contribution in [0.15, 0.2) is 35.2 Å². The van der Waals surface area contributed by atoms with Gasteiger partial charge in [-0.2, -0.15) is 0 Å². The topological polar surface area (TPSA) is 77.3 Å². The van der Waals surface area contributed by atoms with E-state index in [-0.39, 0.29) is 12.3 Å². The second-order valence-corrected chi connectivity index (χ2v) is 5.12. The van der Waals surface area contributed by atoms with Crippen molar-refractivity contribution < 1.29 is 14.1 Å². The standard InChI is InChI=1S/C15H17N3O3/c19-14(9-12-5-7-20-18-12)17-10-11-4-6-16-15(8-11)21-13-2-1-3-13/h4-8,13H,1-3,9-10H2,(H,17,19). The van der Waals surface area contributed by atoms with E-state index < -0.39 is 0 Å². The summed E-state index contributed by atoms with van der Waals surface area (Å²) in [6.45, 7) is 0.445. The third kappa shape index (κ3) is 3.81. The van der Waals surface area contributed by atoms with E-state index in [1.54, 1.807) is 12.3 Å². The predicted octanol–water partition coefficient (Wildman–Crippen LogP) is 1.86. The first kappa shape index (κ1) is 13.6. The van der Waals surface area contributed by atoms with Gasteiger partial charge in [-0.3, -0.25) is 4.79 Å². The van der Waals surface area contributed by atoms with Crippen molar-refractivity contribution in [1.82, 2.24) is 15.5 Å². The Morgan fingerprint density at radius 2 is 2.33 bits per heavy atom. The van der Waals surface area contributed by atoms with Gasteiger partial charge in [0.15, 0.2) is 0 Å². The summed E-state index contributed by atoms with van der Waals surface area (Å²) >= 11 is 0. The Hall–Kier alpha value is -2.37. The molecule has 1 aliphatic rings. The van der Waals surface area contributed by atoms with Crippen LogP contribution in [-0.2, 0) is 17.8 Å². The highest BCUT2D eigenvalue weighted by Gasteiger charge is 2.19. The number of pyridine rings is 1. The number of rotatable bonds is 6. The lowest BCUT2D eigenvalue weighted by molar-refractivity contribution is -0.120. The lowest BCUT2D eigenvalue weighted by Gasteiger charge is -2.25. The molecule has 1 saturated carbocycles. The predicted molar refractivity (Wildman–Crippen MR) is 74.6 cm³/mol. The van der Waals surface area contributed by atoms with E-state index in [4.69, 9.17) is 9.26 Å². The van der Waals surface area contributed by atoms with Crippen molar-refractivity contribution in [2.75, 3.05) is 0 Å². The largest absolute Gasteiger partial charge is 0.474 e. The molecule has 2 aromatic heterocycles. The molecule has 1 amide bonds. The minimum Gasteiger partial charge on any atom is -0.474 e. The molecule has 6 nitrogen and oxygen atoms in total. The van der Waals surface area contributed by atoms with E-state index in [0.29, 0.717) is 24.2 Å². The van der Waals surface area contributed by atoms with Crippen LogP contribution >= 0.6 is 0 Å². The Bertz CT molecular complexity index is 594. The number of carbonyl (C=O) groups excluding carboxylic acids is 1. The molecule has 1 N–H and O–H groups in total. The number of hydrogen-bond acceptors (Lipinski definition) is 5. The van der Waals surface area contributed by atoms with Crippen molar-refractivity contribution in [3.8, 4) is 5.88 Å². The van der Waals surface area contributed by atoms with Gasteiger partial charge < -0.3 is 14.6 Å². The molecule has 110 valence electrons. The Balaban J connectivity index is 1.50. The Kier molecular flexibility index (Phi) is 4.14. The fraction of sp³-hybridized carbons (Fsp3) is 0.400. The second kappa shape index (κ2) is 6.39. The smallest absolute Gasteiger partial charge is 0.226 e. The zero-order valence-electron chi connectivity index (χ0n) is 11.6. The molecule has 0 saturated heterocycles. The number of carbonyl (C=O) groups is 1. The summed E-state index contributed by atoms with van der Waals surface area (Å²) in [5.74, 6) is 0.533. The first-order valence-electron chi connectivity index (χ1n) is 7.07. The minimum atomic E-state index is -0.0952. The molecule has 21 heavy (non-hydrogen) atoms. The number of aromatic nitrogens is 2. The van der Waals surface area contributed by atoms with Crippen LogP contribution in [0.4, 0.5) is 0 Å². The van der Waals surface area contributed by atoms with E-state index in [1.807, 2.05) is 12.1 Å². The first-order chi connectivity index (χ1) is 10.3. The SMILES string of the molecule is O=C(Cc1ccon1)NCc1ccnc(OC2CCC2)c1. The van der Waals surface area contributed by atoms with Crippen LogP contribution < -0.4 is 10.1 Å². The second-order valence-electron chi connectivity index (χ2n) is 5.12.